The van der Waals surface area contributed by atoms with E-state index in [9.17, 15) is 0 Å². The molecule has 3 aromatic heterocycles. The first-order chi connectivity index (χ1) is 27.8. The molecule has 0 radical (unpaired) electrons. The summed E-state index contributed by atoms with van der Waals surface area (Å²) >= 11 is 0. The molecule has 0 saturated carbocycles. The number of aromatic nitrogens is 4. The monoisotopic (exact) mass is 716 g/mol. The van der Waals surface area contributed by atoms with Crippen molar-refractivity contribution in [2.75, 3.05) is 0 Å². The maximum atomic E-state index is 6.94. The Morgan fingerprint density at radius 2 is 0.946 bits per heavy atom. The van der Waals surface area contributed by atoms with Gasteiger partial charge in [0.05, 0.1) is 11.0 Å². The number of rotatable bonds is 6. The lowest BCUT2D eigenvalue weighted by atomic mass is 9.93. The molecule has 11 aromatic rings. The highest BCUT2D eigenvalue weighted by Gasteiger charge is 2.23. The van der Waals surface area contributed by atoms with Gasteiger partial charge in [0.2, 0.25) is 0 Å². The van der Waals surface area contributed by atoms with Gasteiger partial charge in [-0.05, 0) is 53.1 Å². The van der Waals surface area contributed by atoms with E-state index in [1.165, 1.54) is 10.8 Å². The van der Waals surface area contributed by atoms with Crippen LogP contribution in [-0.2, 0) is 0 Å². The van der Waals surface area contributed by atoms with E-state index in [0.717, 1.165) is 77.6 Å². The molecule has 56 heavy (non-hydrogen) atoms. The summed E-state index contributed by atoms with van der Waals surface area (Å²) in [6.07, 6.45) is 0. The van der Waals surface area contributed by atoms with Crippen molar-refractivity contribution in [1.29, 1.82) is 0 Å². The summed E-state index contributed by atoms with van der Waals surface area (Å²) in [5, 5.41) is 4.52. The van der Waals surface area contributed by atoms with E-state index in [0.29, 0.717) is 17.5 Å². The number of hydrogen-bond donors (Lipinski definition) is 0. The molecule has 0 N–H and O–H groups in total. The Labute approximate surface area is 322 Å². The predicted molar refractivity (Wildman–Crippen MR) is 229 cm³/mol. The maximum absolute atomic E-state index is 6.94. The quantitative estimate of drug-likeness (QED) is 0.172. The number of fused-ring (bicyclic) bond motifs is 7. The standard InChI is InChI=1S/C51H32N4O/c1-5-16-33(17-6-1)36-28-29-38(42(32-36)51-53-49(34-18-7-2-8-19-34)52-50(54-51)35-20-9-3-10-21-35)39-25-15-26-41-47-45(56-48(39)41)31-30-44-46(47)40-24-13-14-27-43(40)55(44)37-22-11-4-12-23-37/h1-32H. The summed E-state index contributed by atoms with van der Waals surface area (Å²) in [7, 11) is 0. The largest absolute Gasteiger partial charge is 0.455 e. The Bertz CT molecular complexity index is 3170. The summed E-state index contributed by atoms with van der Waals surface area (Å²) < 4.78 is 9.29. The molecule has 0 aliphatic rings. The van der Waals surface area contributed by atoms with Crippen LogP contribution in [0.5, 0.6) is 0 Å². The maximum Gasteiger partial charge on any atom is 0.164 e. The van der Waals surface area contributed by atoms with Crippen LogP contribution in [0, 0.1) is 0 Å². The van der Waals surface area contributed by atoms with Gasteiger partial charge in [0.15, 0.2) is 17.5 Å². The summed E-state index contributed by atoms with van der Waals surface area (Å²) in [6.45, 7) is 0. The molecule has 8 aromatic carbocycles. The van der Waals surface area contributed by atoms with E-state index >= 15 is 0 Å². The highest BCUT2D eigenvalue weighted by molar-refractivity contribution is 6.28. The fourth-order valence-electron chi connectivity index (χ4n) is 8.12. The third kappa shape index (κ3) is 5.21. The second-order valence-electron chi connectivity index (χ2n) is 14.0. The first-order valence-electron chi connectivity index (χ1n) is 18.8. The first kappa shape index (κ1) is 31.9. The molecular weight excluding hydrogens is 685 g/mol. The van der Waals surface area contributed by atoms with Gasteiger partial charge in [-0.2, -0.15) is 0 Å². The molecule has 3 heterocycles. The van der Waals surface area contributed by atoms with Gasteiger partial charge in [0.1, 0.15) is 11.2 Å². The summed E-state index contributed by atoms with van der Waals surface area (Å²) in [4.78, 5) is 15.4. The van der Waals surface area contributed by atoms with Crippen LogP contribution < -0.4 is 0 Å². The Kier molecular flexibility index (Phi) is 7.42. The number of furan rings is 1. The van der Waals surface area contributed by atoms with E-state index in [1.807, 2.05) is 66.7 Å². The van der Waals surface area contributed by atoms with Gasteiger partial charge in [0.25, 0.3) is 0 Å². The van der Waals surface area contributed by atoms with Crippen molar-refractivity contribution in [2.45, 2.75) is 0 Å². The van der Waals surface area contributed by atoms with Gasteiger partial charge in [-0.15, -0.1) is 0 Å². The lowest BCUT2D eigenvalue weighted by molar-refractivity contribution is 0.670. The van der Waals surface area contributed by atoms with E-state index in [2.05, 4.69) is 132 Å². The van der Waals surface area contributed by atoms with Crippen molar-refractivity contribution in [2.24, 2.45) is 0 Å². The molecule has 0 aliphatic carbocycles. The average molecular weight is 717 g/mol. The molecule has 0 fully saturated rings. The zero-order valence-electron chi connectivity index (χ0n) is 30.2. The smallest absolute Gasteiger partial charge is 0.164 e. The van der Waals surface area contributed by atoms with Crippen LogP contribution >= 0.6 is 0 Å². The summed E-state index contributed by atoms with van der Waals surface area (Å²) in [6, 6.07) is 67.2. The van der Waals surface area contributed by atoms with E-state index in [4.69, 9.17) is 19.4 Å². The van der Waals surface area contributed by atoms with Crippen molar-refractivity contribution in [1.82, 2.24) is 19.5 Å². The summed E-state index contributed by atoms with van der Waals surface area (Å²) in [5.74, 6) is 1.82. The molecule has 262 valence electrons. The van der Waals surface area contributed by atoms with E-state index in [-0.39, 0.29) is 0 Å². The molecule has 5 nitrogen and oxygen atoms in total. The molecule has 0 saturated heterocycles. The number of nitrogens with zero attached hydrogens (tertiary/aromatic N) is 4. The highest BCUT2D eigenvalue weighted by atomic mass is 16.3. The predicted octanol–water partition coefficient (Wildman–Crippen LogP) is 13.2. The zero-order chi connectivity index (χ0) is 37.0. The van der Waals surface area contributed by atoms with Gasteiger partial charge in [-0.3, -0.25) is 0 Å². The Balaban J connectivity index is 1.19. The van der Waals surface area contributed by atoms with E-state index in [1.54, 1.807) is 0 Å². The lowest BCUT2D eigenvalue weighted by Gasteiger charge is -2.14. The summed E-state index contributed by atoms with van der Waals surface area (Å²) in [5.41, 5.74) is 11.9. The lowest BCUT2D eigenvalue weighted by Crippen LogP contribution is -2.01. The SMILES string of the molecule is c1ccc(-c2ccc(-c3cccc4c3oc3ccc5c(c6ccccc6n5-c5ccccc5)c34)c(-c3nc(-c4ccccc4)nc(-c4ccccc4)n3)c2)cc1. The Hall–Kier alpha value is -7.63. The number of hydrogen-bond acceptors (Lipinski definition) is 4. The van der Waals surface area contributed by atoms with Gasteiger partial charge in [-0.25, -0.2) is 15.0 Å². The number of benzene rings is 8. The zero-order valence-corrected chi connectivity index (χ0v) is 30.2. The van der Waals surface area contributed by atoms with Gasteiger partial charge >= 0.3 is 0 Å². The van der Waals surface area contributed by atoms with Crippen LogP contribution in [0.15, 0.2) is 199 Å². The molecular formula is C51H32N4O. The average Bonchev–Trinajstić information content (AvgIpc) is 3.83. The van der Waals surface area contributed by atoms with Crippen molar-refractivity contribution in [3.8, 4) is 62.1 Å². The van der Waals surface area contributed by atoms with Crippen LogP contribution in [0.25, 0.3) is 106 Å². The minimum atomic E-state index is 0.590. The van der Waals surface area contributed by atoms with Crippen molar-refractivity contribution >= 4 is 43.7 Å². The second-order valence-corrected chi connectivity index (χ2v) is 14.0. The van der Waals surface area contributed by atoms with Gasteiger partial charge in [-0.1, -0.05) is 158 Å². The number of para-hydroxylation sites is 3. The van der Waals surface area contributed by atoms with Crippen LogP contribution in [-0.4, -0.2) is 19.5 Å². The molecule has 0 bridgehead atoms. The Morgan fingerprint density at radius 1 is 0.357 bits per heavy atom. The third-order valence-corrected chi connectivity index (χ3v) is 10.7. The fourth-order valence-corrected chi connectivity index (χ4v) is 8.12. The molecule has 5 heteroatoms. The highest BCUT2D eigenvalue weighted by Crippen LogP contribution is 2.45. The second kappa shape index (κ2) is 13.0. The van der Waals surface area contributed by atoms with Crippen molar-refractivity contribution in [3.05, 3.63) is 194 Å². The van der Waals surface area contributed by atoms with E-state index < -0.39 is 0 Å². The van der Waals surface area contributed by atoms with Gasteiger partial charge < -0.3 is 8.98 Å². The van der Waals surface area contributed by atoms with Crippen molar-refractivity contribution < 1.29 is 4.42 Å². The normalized spacial score (nSPS) is 11.6. The third-order valence-electron chi connectivity index (χ3n) is 10.7. The topological polar surface area (TPSA) is 56.7 Å². The van der Waals surface area contributed by atoms with Crippen LogP contribution in [0.4, 0.5) is 0 Å². The minimum absolute atomic E-state index is 0.590. The van der Waals surface area contributed by atoms with Crippen LogP contribution in [0.2, 0.25) is 0 Å². The molecule has 0 amide bonds. The molecule has 0 spiro atoms. The Morgan fingerprint density at radius 3 is 1.64 bits per heavy atom. The van der Waals surface area contributed by atoms with Crippen molar-refractivity contribution in [3.63, 3.8) is 0 Å². The minimum Gasteiger partial charge on any atom is -0.455 e. The molecule has 11 rings (SSSR count). The molecule has 0 atom stereocenters. The fraction of sp³-hybridized carbons (Fsp3) is 0. The first-order valence-corrected chi connectivity index (χ1v) is 18.8. The molecule has 0 aliphatic heterocycles. The molecule has 0 unspecified atom stereocenters. The van der Waals surface area contributed by atoms with Gasteiger partial charge in [0, 0.05) is 49.5 Å². The van der Waals surface area contributed by atoms with Crippen LogP contribution in [0.3, 0.4) is 0 Å². The van der Waals surface area contributed by atoms with Crippen LogP contribution in [0.1, 0.15) is 0 Å².